The molecule has 0 radical (unpaired) electrons. The highest BCUT2D eigenvalue weighted by molar-refractivity contribution is 7.99. The molecule has 5 heteroatoms. The van der Waals surface area contributed by atoms with Crippen molar-refractivity contribution in [3.8, 4) is 0 Å². The van der Waals surface area contributed by atoms with Crippen LogP contribution in [0.25, 0.3) is 0 Å². The molecule has 19 heavy (non-hydrogen) atoms. The van der Waals surface area contributed by atoms with Crippen molar-refractivity contribution in [3.05, 3.63) is 29.8 Å². The van der Waals surface area contributed by atoms with Gasteiger partial charge in [0.15, 0.2) is 0 Å². The van der Waals surface area contributed by atoms with Crippen molar-refractivity contribution in [1.82, 2.24) is 4.90 Å². The number of fused-ring (bicyclic) bond motifs is 1. The van der Waals surface area contributed by atoms with Crippen LogP contribution in [0.2, 0.25) is 0 Å². The summed E-state index contributed by atoms with van der Waals surface area (Å²) in [6.07, 6.45) is 0.437. The molecule has 1 unspecified atom stereocenters. The van der Waals surface area contributed by atoms with E-state index in [0.717, 1.165) is 23.6 Å². The Morgan fingerprint density at radius 3 is 2.68 bits per heavy atom. The lowest BCUT2D eigenvalue weighted by Crippen LogP contribution is -2.59. The minimum atomic E-state index is -0.162. The van der Waals surface area contributed by atoms with E-state index in [-0.39, 0.29) is 18.0 Å². The SMILES string of the molecule is Cc1ccc(N2C(=O)CC3CSCCN3C2=O)cc1. The molecular formula is C14H16N2O2S. The zero-order valence-corrected chi connectivity index (χ0v) is 11.7. The van der Waals surface area contributed by atoms with Crippen LogP contribution in [0.4, 0.5) is 10.5 Å². The zero-order chi connectivity index (χ0) is 13.4. The number of rotatable bonds is 1. The number of urea groups is 1. The molecule has 0 saturated carbocycles. The van der Waals surface area contributed by atoms with Crippen LogP contribution in [0.5, 0.6) is 0 Å². The number of carbonyl (C=O) groups excluding carboxylic acids is 2. The van der Waals surface area contributed by atoms with E-state index in [4.69, 9.17) is 0 Å². The molecule has 4 nitrogen and oxygen atoms in total. The molecule has 2 aliphatic heterocycles. The molecule has 2 aliphatic rings. The Morgan fingerprint density at radius 2 is 1.95 bits per heavy atom. The maximum atomic E-state index is 12.5. The van der Waals surface area contributed by atoms with Gasteiger partial charge in [0.1, 0.15) is 0 Å². The molecule has 1 aromatic carbocycles. The van der Waals surface area contributed by atoms with Crippen LogP contribution in [0.15, 0.2) is 24.3 Å². The Balaban J connectivity index is 1.90. The first-order chi connectivity index (χ1) is 9.16. The molecule has 0 N–H and O–H groups in total. The van der Waals surface area contributed by atoms with Crippen molar-refractivity contribution in [2.45, 2.75) is 19.4 Å². The van der Waals surface area contributed by atoms with Gasteiger partial charge in [-0.3, -0.25) is 4.79 Å². The van der Waals surface area contributed by atoms with Gasteiger partial charge in [0.25, 0.3) is 0 Å². The monoisotopic (exact) mass is 276 g/mol. The fourth-order valence-electron chi connectivity index (χ4n) is 2.55. The smallest absolute Gasteiger partial charge is 0.319 e. The summed E-state index contributed by atoms with van der Waals surface area (Å²) in [5.74, 6) is 1.75. The van der Waals surface area contributed by atoms with Crippen molar-refractivity contribution in [1.29, 1.82) is 0 Å². The number of anilines is 1. The first kappa shape index (κ1) is 12.5. The fourth-order valence-corrected chi connectivity index (χ4v) is 3.61. The molecule has 1 aromatic rings. The molecule has 0 aliphatic carbocycles. The Kier molecular flexibility index (Phi) is 3.22. The number of aryl methyl sites for hydroxylation is 1. The van der Waals surface area contributed by atoms with Gasteiger partial charge >= 0.3 is 6.03 Å². The van der Waals surface area contributed by atoms with E-state index in [1.54, 1.807) is 0 Å². The highest BCUT2D eigenvalue weighted by atomic mass is 32.2. The van der Waals surface area contributed by atoms with Gasteiger partial charge in [-0.2, -0.15) is 11.8 Å². The molecule has 2 heterocycles. The normalized spacial score (nSPS) is 23.5. The number of imide groups is 1. The number of carbonyl (C=O) groups is 2. The molecule has 3 rings (SSSR count). The van der Waals surface area contributed by atoms with Crippen molar-refractivity contribution in [3.63, 3.8) is 0 Å². The number of hydrogen-bond donors (Lipinski definition) is 0. The van der Waals surface area contributed by atoms with Crippen molar-refractivity contribution < 1.29 is 9.59 Å². The maximum Gasteiger partial charge on any atom is 0.331 e. The topological polar surface area (TPSA) is 40.6 Å². The largest absolute Gasteiger partial charge is 0.331 e. The average molecular weight is 276 g/mol. The Bertz CT molecular complexity index is 515. The van der Waals surface area contributed by atoms with Crippen LogP contribution < -0.4 is 4.90 Å². The van der Waals surface area contributed by atoms with Crippen LogP contribution >= 0.6 is 11.8 Å². The van der Waals surface area contributed by atoms with Gasteiger partial charge in [0, 0.05) is 24.5 Å². The number of nitrogens with zero attached hydrogens (tertiary/aromatic N) is 2. The third-order valence-electron chi connectivity index (χ3n) is 3.62. The summed E-state index contributed by atoms with van der Waals surface area (Å²) in [7, 11) is 0. The first-order valence-corrected chi connectivity index (χ1v) is 7.60. The van der Waals surface area contributed by atoms with Crippen LogP contribution in [0.1, 0.15) is 12.0 Å². The summed E-state index contributed by atoms with van der Waals surface area (Å²) in [5, 5.41) is 0. The summed E-state index contributed by atoms with van der Waals surface area (Å²) in [5.41, 5.74) is 1.80. The van der Waals surface area contributed by atoms with E-state index in [9.17, 15) is 9.59 Å². The predicted molar refractivity (Wildman–Crippen MR) is 76.5 cm³/mol. The highest BCUT2D eigenvalue weighted by Gasteiger charge is 2.40. The lowest BCUT2D eigenvalue weighted by atomic mass is 10.1. The van der Waals surface area contributed by atoms with Crippen LogP contribution in [-0.4, -0.2) is 40.9 Å². The lowest BCUT2D eigenvalue weighted by molar-refractivity contribution is -0.120. The van der Waals surface area contributed by atoms with Gasteiger partial charge in [-0.15, -0.1) is 0 Å². The summed E-state index contributed by atoms with van der Waals surface area (Å²) in [6, 6.07) is 7.45. The Morgan fingerprint density at radius 1 is 1.21 bits per heavy atom. The predicted octanol–water partition coefficient (Wildman–Crippen LogP) is 2.27. The van der Waals surface area contributed by atoms with Crippen LogP contribution in [0.3, 0.4) is 0 Å². The van der Waals surface area contributed by atoms with Gasteiger partial charge in [0.05, 0.1) is 11.7 Å². The number of hydrogen-bond acceptors (Lipinski definition) is 3. The molecule has 0 aromatic heterocycles. The van der Waals surface area contributed by atoms with Gasteiger partial charge in [-0.05, 0) is 19.1 Å². The summed E-state index contributed by atoms with van der Waals surface area (Å²) < 4.78 is 0. The van der Waals surface area contributed by atoms with Gasteiger partial charge in [0.2, 0.25) is 5.91 Å². The minimum absolute atomic E-state index is 0.0837. The molecule has 1 atom stereocenters. The number of thioether (sulfide) groups is 1. The molecule has 0 spiro atoms. The number of amides is 3. The summed E-state index contributed by atoms with van der Waals surface area (Å²) in [4.78, 5) is 27.9. The number of benzene rings is 1. The second kappa shape index (κ2) is 4.89. The second-order valence-corrected chi connectivity index (χ2v) is 6.12. The van der Waals surface area contributed by atoms with E-state index < -0.39 is 0 Å². The molecular weight excluding hydrogens is 260 g/mol. The van der Waals surface area contributed by atoms with Crippen LogP contribution in [-0.2, 0) is 4.79 Å². The Labute approximate surface area is 116 Å². The van der Waals surface area contributed by atoms with Gasteiger partial charge < -0.3 is 4.90 Å². The van der Waals surface area contributed by atoms with Crippen molar-refractivity contribution >= 4 is 29.4 Å². The van der Waals surface area contributed by atoms with Gasteiger partial charge in [-0.1, -0.05) is 17.7 Å². The summed E-state index contributed by atoms with van der Waals surface area (Å²) in [6.45, 7) is 2.73. The van der Waals surface area contributed by atoms with E-state index in [2.05, 4.69) is 0 Å². The first-order valence-electron chi connectivity index (χ1n) is 6.45. The molecule has 0 bridgehead atoms. The summed E-state index contributed by atoms with van der Waals surface area (Å²) >= 11 is 1.82. The molecule has 3 amide bonds. The van der Waals surface area contributed by atoms with E-state index in [0.29, 0.717) is 12.1 Å². The standard InChI is InChI=1S/C14H16N2O2S/c1-10-2-4-11(5-3-10)16-13(17)8-12-9-19-7-6-15(12)14(16)18/h2-5,12H,6-9H2,1H3. The quantitative estimate of drug-likeness (QED) is 0.790. The van der Waals surface area contributed by atoms with E-state index in [1.807, 2.05) is 47.9 Å². The zero-order valence-electron chi connectivity index (χ0n) is 10.8. The van der Waals surface area contributed by atoms with E-state index >= 15 is 0 Å². The maximum absolute atomic E-state index is 12.5. The molecule has 2 saturated heterocycles. The lowest BCUT2D eigenvalue weighted by Gasteiger charge is -2.42. The van der Waals surface area contributed by atoms with Crippen LogP contribution in [0, 0.1) is 6.92 Å². The van der Waals surface area contributed by atoms with E-state index in [1.165, 1.54) is 4.90 Å². The average Bonchev–Trinajstić information content (AvgIpc) is 2.41. The fraction of sp³-hybridized carbons (Fsp3) is 0.429. The van der Waals surface area contributed by atoms with Crippen molar-refractivity contribution in [2.24, 2.45) is 0 Å². The minimum Gasteiger partial charge on any atom is -0.319 e. The molecule has 100 valence electrons. The highest BCUT2D eigenvalue weighted by Crippen LogP contribution is 2.28. The second-order valence-electron chi connectivity index (χ2n) is 4.97. The molecule has 2 fully saturated rings. The third kappa shape index (κ3) is 2.23. The van der Waals surface area contributed by atoms with Crippen molar-refractivity contribution in [2.75, 3.05) is 23.0 Å². The third-order valence-corrected chi connectivity index (χ3v) is 4.71. The Hall–Kier alpha value is -1.49. The van der Waals surface area contributed by atoms with Gasteiger partial charge in [-0.25, -0.2) is 9.69 Å².